The molecule has 0 saturated heterocycles. The summed E-state index contributed by atoms with van der Waals surface area (Å²) in [4.78, 5) is 0. The first-order valence-corrected chi connectivity index (χ1v) is 9.09. The Morgan fingerprint density at radius 2 is 2.10 bits per heavy atom. The largest absolute Gasteiger partial charge is 0.316 e. The minimum atomic E-state index is 0.344. The monoisotopic (exact) mass is 355 g/mol. The lowest BCUT2D eigenvalue weighted by atomic mass is 9.80. The van der Waals surface area contributed by atoms with Crippen LogP contribution in [0.15, 0.2) is 4.47 Å². The smallest absolute Gasteiger partial charge is 0.0738 e. The van der Waals surface area contributed by atoms with Gasteiger partial charge in [0.1, 0.15) is 0 Å². The number of hydrogen-bond acceptors (Lipinski definition) is 2. The van der Waals surface area contributed by atoms with Crippen LogP contribution in [0.2, 0.25) is 0 Å². The van der Waals surface area contributed by atoms with Gasteiger partial charge in [0.05, 0.1) is 15.9 Å². The van der Waals surface area contributed by atoms with E-state index in [1.165, 1.54) is 23.0 Å². The molecule has 0 bridgehead atoms. The van der Waals surface area contributed by atoms with Gasteiger partial charge < -0.3 is 5.32 Å². The minimum Gasteiger partial charge on any atom is -0.316 e. The standard InChI is InChI=1S/C17H30BrN3/c1-6-21-15(16(18)13(4)20-21)9-17(5,14-7-8-14)11-19-10-12(2)3/h12,14,19H,6-11H2,1-5H3. The molecule has 120 valence electrons. The predicted octanol–water partition coefficient (Wildman–Crippen LogP) is 4.18. The summed E-state index contributed by atoms with van der Waals surface area (Å²) in [6, 6.07) is 0. The molecule has 1 heterocycles. The van der Waals surface area contributed by atoms with Crippen molar-refractivity contribution in [1.82, 2.24) is 15.1 Å². The molecule has 0 radical (unpaired) electrons. The fourth-order valence-corrected chi connectivity index (χ4v) is 3.62. The minimum absolute atomic E-state index is 0.344. The van der Waals surface area contributed by atoms with E-state index in [0.717, 1.165) is 37.7 Å². The molecule has 0 aromatic carbocycles. The molecule has 0 amide bonds. The van der Waals surface area contributed by atoms with E-state index in [-0.39, 0.29) is 0 Å². The van der Waals surface area contributed by atoms with E-state index in [1.807, 2.05) is 0 Å². The quantitative estimate of drug-likeness (QED) is 0.757. The molecule has 1 fully saturated rings. The second-order valence-corrected chi connectivity index (χ2v) is 8.08. The summed E-state index contributed by atoms with van der Waals surface area (Å²) in [6.07, 6.45) is 3.88. The maximum absolute atomic E-state index is 4.65. The zero-order chi connectivity index (χ0) is 15.6. The topological polar surface area (TPSA) is 29.9 Å². The van der Waals surface area contributed by atoms with Gasteiger partial charge in [-0.2, -0.15) is 5.10 Å². The fraction of sp³-hybridized carbons (Fsp3) is 0.824. The molecule has 0 spiro atoms. The Hall–Kier alpha value is -0.350. The molecular weight excluding hydrogens is 326 g/mol. The first-order chi connectivity index (χ1) is 9.87. The zero-order valence-electron chi connectivity index (χ0n) is 14.2. The molecule has 1 aliphatic rings. The fourth-order valence-electron chi connectivity index (χ4n) is 3.20. The molecule has 3 nitrogen and oxygen atoms in total. The Labute approximate surface area is 138 Å². The third-order valence-corrected chi connectivity index (χ3v) is 5.70. The van der Waals surface area contributed by atoms with Crippen LogP contribution >= 0.6 is 15.9 Å². The summed E-state index contributed by atoms with van der Waals surface area (Å²) in [5.74, 6) is 1.58. The van der Waals surface area contributed by atoms with Gasteiger partial charge in [-0.1, -0.05) is 20.8 Å². The molecule has 2 rings (SSSR count). The first-order valence-electron chi connectivity index (χ1n) is 8.30. The van der Waals surface area contributed by atoms with Gasteiger partial charge in [-0.25, -0.2) is 0 Å². The highest BCUT2D eigenvalue weighted by Gasteiger charge is 2.42. The number of halogens is 1. The number of nitrogens with zero attached hydrogens (tertiary/aromatic N) is 2. The lowest BCUT2D eigenvalue weighted by Gasteiger charge is -2.31. The molecule has 1 atom stereocenters. The Kier molecular flexibility index (Phi) is 5.53. The van der Waals surface area contributed by atoms with Crippen molar-refractivity contribution in [3.05, 3.63) is 15.9 Å². The normalized spacial score (nSPS) is 18.2. The number of aryl methyl sites for hydroxylation is 2. The summed E-state index contributed by atoms with van der Waals surface area (Å²) in [7, 11) is 0. The van der Waals surface area contributed by atoms with Crippen LogP contribution < -0.4 is 5.32 Å². The van der Waals surface area contributed by atoms with Crippen LogP contribution in [-0.2, 0) is 13.0 Å². The van der Waals surface area contributed by atoms with Gasteiger partial charge in [0.15, 0.2) is 0 Å². The number of hydrogen-bond donors (Lipinski definition) is 1. The molecule has 1 N–H and O–H groups in total. The van der Waals surface area contributed by atoms with Crippen molar-refractivity contribution in [2.75, 3.05) is 13.1 Å². The second-order valence-electron chi connectivity index (χ2n) is 7.29. The highest BCUT2D eigenvalue weighted by atomic mass is 79.9. The predicted molar refractivity (Wildman–Crippen MR) is 92.6 cm³/mol. The maximum Gasteiger partial charge on any atom is 0.0738 e. The average molecular weight is 356 g/mol. The SMILES string of the molecule is CCn1nc(C)c(Br)c1CC(C)(CNCC(C)C)C1CC1. The van der Waals surface area contributed by atoms with Gasteiger partial charge in [0.2, 0.25) is 0 Å². The van der Waals surface area contributed by atoms with Crippen LogP contribution in [0.4, 0.5) is 0 Å². The Balaban J connectivity index is 2.12. The maximum atomic E-state index is 4.65. The number of nitrogens with one attached hydrogen (secondary N) is 1. The molecule has 1 aromatic heterocycles. The summed E-state index contributed by atoms with van der Waals surface area (Å²) in [6.45, 7) is 14.4. The van der Waals surface area contributed by atoms with E-state index >= 15 is 0 Å². The summed E-state index contributed by atoms with van der Waals surface area (Å²) < 4.78 is 3.38. The molecule has 1 saturated carbocycles. The number of rotatable bonds is 8. The second kappa shape index (κ2) is 6.82. The van der Waals surface area contributed by atoms with Crippen molar-refractivity contribution < 1.29 is 0 Å². The first kappa shape index (κ1) is 17.0. The zero-order valence-corrected chi connectivity index (χ0v) is 15.8. The van der Waals surface area contributed by atoms with E-state index in [4.69, 9.17) is 0 Å². The molecule has 4 heteroatoms. The van der Waals surface area contributed by atoms with E-state index in [1.54, 1.807) is 0 Å². The van der Waals surface area contributed by atoms with Crippen LogP contribution in [0.25, 0.3) is 0 Å². The van der Waals surface area contributed by atoms with Crippen LogP contribution in [0.1, 0.15) is 51.9 Å². The highest BCUT2D eigenvalue weighted by molar-refractivity contribution is 9.10. The van der Waals surface area contributed by atoms with Gasteiger partial charge in [-0.15, -0.1) is 0 Å². The van der Waals surface area contributed by atoms with Crippen molar-refractivity contribution in [2.45, 2.75) is 60.4 Å². The molecular formula is C17H30BrN3. The van der Waals surface area contributed by atoms with Gasteiger partial charge in [-0.05, 0) is 72.8 Å². The van der Waals surface area contributed by atoms with Crippen molar-refractivity contribution in [2.24, 2.45) is 17.3 Å². The molecule has 0 aliphatic heterocycles. The van der Waals surface area contributed by atoms with E-state index in [9.17, 15) is 0 Å². The van der Waals surface area contributed by atoms with Crippen molar-refractivity contribution in [3.8, 4) is 0 Å². The van der Waals surface area contributed by atoms with E-state index < -0.39 is 0 Å². The van der Waals surface area contributed by atoms with Gasteiger partial charge in [0, 0.05) is 13.1 Å². The molecule has 21 heavy (non-hydrogen) atoms. The Morgan fingerprint density at radius 1 is 1.43 bits per heavy atom. The molecule has 1 aromatic rings. The van der Waals surface area contributed by atoms with Crippen LogP contribution in [0.5, 0.6) is 0 Å². The third-order valence-electron chi connectivity index (χ3n) is 4.67. The van der Waals surface area contributed by atoms with Gasteiger partial charge >= 0.3 is 0 Å². The molecule has 1 unspecified atom stereocenters. The van der Waals surface area contributed by atoms with Crippen molar-refractivity contribution in [1.29, 1.82) is 0 Å². The van der Waals surface area contributed by atoms with E-state index in [0.29, 0.717) is 11.3 Å². The molecule has 1 aliphatic carbocycles. The lowest BCUT2D eigenvalue weighted by molar-refractivity contribution is 0.245. The average Bonchev–Trinajstić information content (AvgIpc) is 3.22. The third kappa shape index (κ3) is 4.10. The number of aromatic nitrogens is 2. The van der Waals surface area contributed by atoms with Crippen LogP contribution in [-0.4, -0.2) is 22.9 Å². The summed E-state index contributed by atoms with van der Waals surface area (Å²) in [5, 5.41) is 8.34. The van der Waals surface area contributed by atoms with Crippen LogP contribution in [0, 0.1) is 24.2 Å². The Morgan fingerprint density at radius 3 is 2.62 bits per heavy atom. The van der Waals surface area contributed by atoms with Crippen molar-refractivity contribution >= 4 is 15.9 Å². The van der Waals surface area contributed by atoms with E-state index in [2.05, 4.69) is 65.6 Å². The van der Waals surface area contributed by atoms with Gasteiger partial charge in [0.25, 0.3) is 0 Å². The summed E-state index contributed by atoms with van der Waals surface area (Å²) >= 11 is 3.75. The summed E-state index contributed by atoms with van der Waals surface area (Å²) in [5.41, 5.74) is 2.83. The highest BCUT2D eigenvalue weighted by Crippen LogP contribution is 2.47. The van der Waals surface area contributed by atoms with Gasteiger partial charge in [-0.3, -0.25) is 4.68 Å². The van der Waals surface area contributed by atoms with Crippen LogP contribution in [0.3, 0.4) is 0 Å². The Bertz CT molecular complexity index is 477. The van der Waals surface area contributed by atoms with Crippen molar-refractivity contribution in [3.63, 3.8) is 0 Å². The lowest BCUT2D eigenvalue weighted by Crippen LogP contribution is -2.37.